The van der Waals surface area contributed by atoms with E-state index in [-0.39, 0.29) is 12.3 Å². The Morgan fingerprint density at radius 3 is 2.61 bits per heavy atom. The molecule has 0 aliphatic heterocycles. The van der Waals surface area contributed by atoms with Crippen molar-refractivity contribution >= 4 is 39.4 Å². The van der Waals surface area contributed by atoms with Gasteiger partial charge in [-0.1, -0.05) is 41.4 Å². The molecule has 0 radical (unpaired) electrons. The second-order valence-electron chi connectivity index (χ2n) is 5.67. The molecule has 0 bridgehead atoms. The third-order valence-electron chi connectivity index (χ3n) is 3.23. The van der Waals surface area contributed by atoms with E-state index in [9.17, 15) is 14.7 Å². The second kappa shape index (κ2) is 9.25. The van der Waals surface area contributed by atoms with Crippen LogP contribution in [0, 0.1) is 5.92 Å². The number of benzene rings is 1. The van der Waals surface area contributed by atoms with E-state index in [4.69, 9.17) is 16.3 Å². The Balaban J connectivity index is 2.87. The minimum Gasteiger partial charge on any atom is -0.467 e. The van der Waals surface area contributed by atoms with Crippen molar-refractivity contribution in [3.63, 3.8) is 0 Å². The summed E-state index contributed by atoms with van der Waals surface area (Å²) in [6.07, 6.45) is -0.640. The Labute approximate surface area is 149 Å². The molecule has 0 unspecified atom stereocenters. The Morgan fingerprint density at radius 1 is 1.39 bits per heavy atom. The van der Waals surface area contributed by atoms with Gasteiger partial charge in [0.2, 0.25) is 5.91 Å². The molecule has 23 heavy (non-hydrogen) atoms. The number of nitrogens with one attached hydrogen (secondary N) is 1. The highest BCUT2D eigenvalue weighted by atomic mass is 79.9. The molecule has 5 nitrogen and oxygen atoms in total. The van der Waals surface area contributed by atoms with Gasteiger partial charge in [0.1, 0.15) is 12.1 Å². The highest BCUT2D eigenvalue weighted by molar-refractivity contribution is 9.10. The van der Waals surface area contributed by atoms with Gasteiger partial charge in [-0.25, -0.2) is 4.79 Å². The molecule has 1 aromatic rings. The molecule has 0 saturated carbocycles. The molecule has 1 amide bonds. The summed E-state index contributed by atoms with van der Waals surface area (Å²) in [5.74, 6) is -1.01. The fourth-order valence-electron chi connectivity index (χ4n) is 2.08. The van der Waals surface area contributed by atoms with Gasteiger partial charge in [-0.15, -0.1) is 0 Å². The fraction of sp³-hybridized carbons (Fsp3) is 0.500. The van der Waals surface area contributed by atoms with Crippen LogP contribution in [0.3, 0.4) is 0 Å². The van der Waals surface area contributed by atoms with Gasteiger partial charge in [-0.05, 0) is 36.1 Å². The van der Waals surface area contributed by atoms with Gasteiger partial charge in [0.15, 0.2) is 0 Å². The zero-order chi connectivity index (χ0) is 17.6. The number of carbonyl (C=O) groups excluding carboxylic acids is 2. The maximum absolute atomic E-state index is 12.0. The summed E-state index contributed by atoms with van der Waals surface area (Å²) in [5.41, 5.74) is 0.756. The van der Waals surface area contributed by atoms with Crippen LogP contribution in [0.25, 0.3) is 0 Å². The molecular weight excluding hydrogens is 386 g/mol. The molecule has 0 spiro atoms. The first-order valence-corrected chi connectivity index (χ1v) is 8.41. The molecule has 1 rings (SSSR count). The number of ether oxygens (including phenoxy) is 1. The molecule has 128 valence electrons. The SMILES string of the molecule is COC(=O)[C@@H](Cc1cc(Cl)ccc1Br)NC(=O)[C@@H](O)CC(C)C. The lowest BCUT2D eigenvalue weighted by Gasteiger charge is -2.20. The van der Waals surface area contributed by atoms with E-state index in [2.05, 4.69) is 21.2 Å². The summed E-state index contributed by atoms with van der Waals surface area (Å²) in [6.45, 7) is 3.80. The zero-order valence-corrected chi connectivity index (χ0v) is 15.6. The summed E-state index contributed by atoms with van der Waals surface area (Å²) in [5, 5.41) is 12.9. The molecule has 0 aromatic heterocycles. The highest BCUT2D eigenvalue weighted by Crippen LogP contribution is 2.22. The van der Waals surface area contributed by atoms with Crippen molar-refractivity contribution < 1.29 is 19.4 Å². The first-order chi connectivity index (χ1) is 10.7. The van der Waals surface area contributed by atoms with E-state index >= 15 is 0 Å². The highest BCUT2D eigenvalue weighted by Gasteiger charge is 2.26. The number of hydrogen-bond donors (Lipinski definition) is 2. The summed E-state index contributed by atoms with van der Waals surface area (Å²) in [6, 6.07) is 4.29. The van der Waals surface area contributed by atoms with E-state index in [1.807, 2.05) is 13.8 Å². The Morgan fingerprint density at radius 2 is 2.04 bits per heavy atom. The Bertz CT molecular complexity index is 565. The lowest BCUT2D eigenvalue weighted by Crippen LogP contribution is -2.47. The number of amides is 1. The molecular formula is C16H21BrClNO4. The minimum atomic E-state index is -1.16. The first-order valence-electron chi connectivity index (χ1n) is 7.24. The van der Waals surface area contributed by atoms with Crippen molar-refractivity contribution in [1.29, 1.82) is 0 Å². The Hall–Kier alpha value is -1.11. The third-order valence-corrected chi connectivity index (χ3v) is 4.24. The summed E-state index contributed by atoms with van der Waals surface area (Å²) in [4.78, 5) is 24.0. The average molecular weight is 407 g/mol. The molecule has 2 N–H and O–H groups in total. The van der Waals surface area contributed by atoms with Gasteiger partial charge in [-0.3, -0.25) is 4.79 Å². The largest absolute Gasteiger partial charge is 0.467 e. The van der Waals surface area contributed by atoms with E-state index in [0.29, 0.717) is 11.4 Å². The standard InChI is InChI=1S/C16H21BrClNO4/c1-9(2)6-14(20)15(21)19-13(16(22)23-3)8-10-7-11(18)4-5-12(10)17/h4-5,7,9,13-14,20H,6,8H2,1-3H3,(H,19,21)/t13-,14+/m1/s1. The first kappa shape index (κ1) is 19.9. The summed E-state index contributed by atoms with van der Waals surface area (Å²) < 4.78 is 5.50. The van der Waals surface area contributed by atoms with Crippen molar-refractivity contribution in [3.05, 3.63) is 33.3 Å². The number of carbonyl (C=O) groups is 2. The van der Waals surface area contributed by atoms with E-state index < -0.39 is 24.0 Å². The van der Waals surface area contributed by atoms with Gasteiger partial charge >= 0.3 is 5.97 Å². The van der Waals surface area contributed by atoms with E-state index in [1.165, 1.54) is 7.11 Å². The van der Waals surface area contributed by atoms with Gasteiger partial charge in [0.05, 0.1) is 7.11 Å². The van der Waals surface area contributed by atoms with Gasteiger partial charge in [0.25, 0.3) is 0 Å². The molecule has 1 aromatic carbocycles. The number of rotatable bonds is 7. The predicted octanol–water partition coefficient (Wildman–Crippen LogP) is 2.71. The minimum absolute atomic E-state index is 0.161. The molecule has 0 heterocycles. The van der Waals surface area contributed by atoms with Crippen LogP contribution in [-0.4, -0.2) is 36.2 Å². The summed E-state index contributed by atoms with van der Waals surface area (Å²) in [7, 11) is 1.25. The number of methoxy groups -OCH3 is 1. The molecule has 0 saturated heterocycles. The predicted molar refractivity (Wildman–Crippen MR) is 92.3 cm³/mol. The van der Waals surface area contributed by atoms with E-state index in [0.717, 1.165) is 10.0 Å². The zero-order valence-electron chi connectivity index (χ0n) is 13.3. The van der Waals surface area contributed by atoms with Crippen molar-refractivity contribution in [2.24, 2.45) is 5.92 Å². The van der Waals surface area contributed by atoms with Crippen LogP contribution in [0.1, 0.15) is 25.8 Å². The van der Waals surface area contributed by atoms with Crippen molar-refractivity contribution in [2.45, 2.75) is 38.8 Å². The summed E-state index contributed by atoms with van der Waals surface area (Å²) >= 11 is 9.35. The Kier molecular flexibility index (Phi) is 8.02. The second-order valence-corrected chi connectivity index (χ2v) is 6.96. The smallest absolute Gasteiger partial charge is 0.328 e. The lowest BCUT2D eigenvalue weighted by molar-refractivity contribution is -0.146. The van der Waals surface area contributed by atoms with Crippen LogP contribution < -0.4 is 5.32 Å². The molecule has 0 aliphatic carbocycles. The monoisotopic (exact) mass is 405 g/mol. The van der Waals surface area contributed by atoms with E-state index in [1.54, 1.807) is 18.2 Å². The molecule has 7 heteroatoms. The molecule has 0 aliphatic rings. The maximum Gasteiger partial charge on any atom is 0.328 e. The molecule has 0 fully saturated rings. The van der Waals surface area contributed by atoms with Gasteiger partial charge in [-0.2, -0.15) is 0 Å². The van der Waals surface area contributed by atoms with Crippen LogP contribution >= 0.6 is 27.5 Å². The topological polar surface area (TPSA) is 75.6 Å². The third kappa shape index (κ3) is 6.49. The quantitative estimate of drug-likeness (QED) is 0.683. The number of halogens is 2. The van der Waals surface area contributed by atoms with Crippen LogP contribution in [0.4, 0.5) is 0 Å². The van der Waals surface area contributed by atoms with Crippen molar-refractivity contribution in [1.82, 2.24) is 5.32 Å². The number of hydrogen-bond acceptors (Lipinski definition) is 4. The van der Waals surface area contributed by atoms with Crippen molar-refractivity contribution in [2.75, 3.05) is 7.11 Å². The van der Waals surface area contributed by atoms with Crippen LogP contribution in [0.5, 0.6) is 0 Å². The average Bonchev–Trinajstić information content (AvgIpc) is 2.48. The van der Waals surface area contributed by atoms with Crippen molar-refractivity contribution in [3.8, 4) is 0 Å². The maximum atomic E-state index is 12.0. The number of aliphatic hydroxyl groups excluding tert-OH is 1. The van der Waals surface area contributed by atoms with Gasteiger partial charge in [0, 0.05) is 15.9 Å². The lowest BCUT2D eigenvalue weighted by atomic mass is 10.0. The van der Waals surface area contributed by atoms with Gasteiger partial charge < -0.3 is 15.2 Å². The molecule has 2 atom stereocenters. The van der Waals surface area contributed by atoms with Crippen LogP contribution in [0.15, 0.2) is 22.7 Å². The van der Waals surface area contributed by atoms with Crippen LogP contribution in [0.2, 0.25) is 5.02 Å². The normalized spacial score (nSPS) is 13.5. The number of aliphatic hydroxyl groups is 1. The number of esters is 1. The fourth-order valence-corrected chi connectivity index (χ4v) is 2.68. The van der Waals surface area contributed by atoms with Crippen LogP contribution in [-0.2, 0) is 20.7 Å².